The van der Waals surface area contributed by atoms with Crippen molar-refractivity contribution < 1.29 is 10.0 Å². The van der Waals surface area contributed by atoms with Gasteiger partial charge in [-0.15, -0.1) is 4.68 Å². The highest BCUT2D eigenvalue weighted by Gasteiger charge is 2.21. The topological polar surface area (TPSA) is 81.2 Å². The average Bonchev–Trinajstić information content (AvgIpc) is 2.60. The molecule has 14 heavy (non-hydrogen) atoms. The number of rotatable bonds is 4. The maximum atomic E-state index is 10.4. The van der Waals surface area contributed by atoms with Gasteiger partial charge in [0.05, 0.1) is 16.9 Å². The number of aliphatic hydroxyl groups is 1. The van der Waals surface area contributed by atoms with Crippen LogP contribution in [0, 0.1) is 10.1 Å². The Morgan fingerprint density at radius 3 is 2.93 bits per heavy atom. The molecule has 7 heteroatoms. The summed E-state index contributed by atoms with van der Waals surface area (Å²) >= 11 is 3.17. The van der Waals surface area contributed by atoms with Crippen molar-refractivity contribution in [1.29, 1.82) is 0 Å². The van der Waals surface area contributed by atoms with Crippen molar-refractivity contribution in [1.82, 2.24) is 9.78 Å². The maximum absolute atomic E-state index is 10.4. The molecule has 0 aromatic carbocycles. The van der Waals surface area contributed by atoms with Gasteiger partial charge in [-0.05, 0) is 11.3 Å². The molecule has 0 saturated carbocycles. The smallest absolute Gasteiger partial charge is 0.370 e. The van der Waals surface area contributed by atoms with Crippen molar-refractivity contribution >= 4 is 21.7 Å². The molecule has 1 N–H and O–H groups in total. The van der Waals surface area contributed by atoms with Crippen LogP contribution in [0.5, 0.6) is 0 Å². The molecule has 1 aromatic heterocycles. The van der Waals surface area contributed by atoms with Crippen molar-refractivity contribution in [3.8, 4) is 0 Å². The molecule has 0 aliphatic heterocycles. The van der Waals surface area contributed by atoms with Gasteiger partial charge in [0, 0.05) is 5.33 Å². The predicted octanol–water partition coefficient (Wildman–Crippen LogP) is 1.59. The Hall–Kier alpha value is -0.950. The number of hydrogen-bond donors (Lipinski definition) is 1. The number of nitrogens with zero attached hydrogens (tertiary/aromatic N) is 3. The Morgan fingerprint density at radius 1 is 1.86 bits per heavy atom. The molecule has 1 rings (SSSR count). The summed E-state index contributed by atoms with van der Waals surface area (Å²) in [5.74, 6) is -0.244. The third kappa shape index (κ3) is 2.10. The first kappa shape index (κ1) is 11.1. The van der Waals surface area contributed by atoms with E-state index in [4.69, 9.17) is 0 Å². The fourth-order valence-electron chi connectivity index (χ4n) is 1.04. The first-order valence-electron chi connectivity index (χ1n) is 4.07. The van der Waals surface area contributed by atoms with Crippen LogP contribution in [0.3, 0.4) is 0 Å². The molecule has 78 valence electrons. The van der Waals surface area contributed by atoms with E-state index in [1.165, 1.54) is 10.7 Å². The molecule has 1 unspecified atom stereocenters. The molecule has 0 aliphatic rings. The Kier molecular flexibility index (Phi) is 3.59. The lowest BCUT2D eigenvalue weighted by Crippen LogP contribution is -2.11. The highest BCUT2D eigenvalue weighted by Crippen LogP contribution is 2.19. The molecule has 0 bridgehead atoms. The molecule has 0 spiro atoms. The van der Waals surface area contributed by atoms with Gasteiger partial charge in [0.25, 0.3) is 0 Å². The molecule has 1 atom stereocenters. The van der Waals surface area contributed by atoms with E-state index in [0.717, 1.165) is 0 Å². The van der Waals surface area contributed by atoms with Gasteiger partial charge in [-0.2, -0.15) is 0 Å². The van der Waals surface area contributed by atoms with Crippen LogP contribution in [-0.2, 0) is 5.33 Å². The highest BCUT2D eigenvalue weighted by molar-refractivity contribution is 9.08. The standard InChI is InChI=1S/C7H10BrN3O3/c1-2-7(12)10-5(4-8)3-6(9-10)11(13)14/h3,7,12H,2,4H2,1H3. The van der Waals surface area contributed by atoms with Crippen molar-refractivity contribution in [2.24, 2.45) is 0 Å². The molecule has 1 heterocycles. The lowest BCUT2D eigenvalue weighted by atomic mass is 10.4. The first-order chi connectivity index (χ1) is 6.60. The minimum Gasteiger partial charge on any atom is -0.370 e. The largest absolute Gasteiger partial charge is 0.390 e. The SMILES string of the molecule is CCC(O)n1nc([N+](=O)[O-])cc1CBr. The molecule has 0 aliphatic carbocycles. The first-order valence-corrected chi connectivity index (χ1v) is 5.19. The Balaban J connectivity index is 3.08. The van der Waals surface area contributed by atoms with E-state index in [1.807, 2.05) is 0 Å². The van der Waals surface area contributed by atoms with Gasteiger partial charge in [-0.1, -0.05) is 22.9 Å². The van der Waals surface area contributed by atoms with Crippen LogP contribution in [0.15, 0.2) is 6.07 Å². The molecule has 0 radical (unpaired) electrons. The van der Waals surface area contributed by atoms with Gasteiger partial charge in [0.2, 0.25) is 0 Å². The monoisotopic (exact) mass is 263 g/mol. The van der Waals surface area contributed by atoms with Gasteiger partial charge < -0.3 is 15.2 Å². The Labute approximate surface area is 88.8 Å². The van der Waals surface area contributed by atoms with Crippen molar-refractivity contribution in [2.45, 2.75) is 24.9 Å². The van der Waals surface area contributed by atoms with E-state index < -0.39 is 11.2 Å². The quantitative estimate of drug-likeness (QED) is 0.508. The number of alkyl halides is 1. The van der Waals surface area contributed by atoms with Gasteiger partial charge in [-0.25, -0.2) is 0 Å². The summed E-state index contributed by atoms with van der Waals surface area (Å²) < 4.78 is 1.26. The summed E-state index contributed by atoms with van der Waals surface area (Å²) in [6.07, 6.45) is -0.352. The number of halogens is 1. The van der Waals surface area contributed by atoms with E-state index >= 15 is 0 Å². The van der Waals surface area contributed by atoms with E-state index in [0.29, 0.717) is 17.4 Å². The van der Waals surface area contributed by atoms with Crippen LogP contribution in [0.4, 0.5) is 5.82 Å². The normalized spacial score (nSPS) is 12.8. The average molecular weight is 264 g/mol. The molecule has 6 nitrogen and oxygen atoms in total. The lowest BCUT2D eigenvalue weighted by molar-refractivity contribution is -0.390. The predicted molar refractivity (Wildman–Crippen MR) is 53.1 cm³/mol. The zero-order valence-electron chi connectivity index (χ0n) is 7.55. The van der Waals surface area contributed by atoms with E-state index in [9.17, 15) is 15.2 Å². The van der Waals surface area contributed by atoms with E-state index in [2.05, 4.69) is 21.0 Å². The number of aromatic nitrogens is 2. The fourth-order valence-corrected chi connectivity index (χ4v) is 1.46. The third-order valence-electron chi connectivity index (χ3n) is 1.77. The van der Waals surface area contributed by atoms with Crippen LogP contribution < -0.4 is 0 Å². The Morgan fingerprint density at radius 2 is 2.50 bits per heavy atom. The highest BCUT2D eigenvalue weighted by atomic mass is 79.9. The summed E-state index contributed by atoms with van der Waals surface area (Å²) in [4.78, 5) is 9.85. The molecular weight excluding hydrogens is 254 g/mol. The summed E-state index contributed by atoms with van der Waals surface area (Å²) in [7, 11) is 0. The molecule has 0 saturated heterocycles. The number of hydrogen-bond acceptors (Lipinski definition) is 4. The van der Waals surface area contributed by atoms with Crippen LogP contribution >= 0.6 is 15.9 Å². The molecule has 0 fully saturated rings. The second kappa shape index (κ2) is 4.52. The molecular formula is C7H10BrN3O3. The lowest BCUT2D eigenvalue weighted by Gasteiger charge is -2.05. The zero-order chi connectivity index (χ0) is 10.7. The van der Waals surface area contributed by atoms with Gasteiger partial charge in [0.1, 0.15) is 0 Å². The van der Waals surface area contributed by atoms with Crippen LogP contribution in [0.2, 0.25) is 0 Å². The third-order valence-corrected chi connectivity index (χ3v) is 2.35. The van der Waals surface area contributed by atoms with Crippen molar-refractivity contribution in [3.63, 3.8) is 0 Å². The van der Waals surface area contributed by atoms with Gasteiger partial charge >= 0.3 is 5.82 Å². The van der Waals surface area contributed by atoms with Gasteiger partial charge in [0.15, 0.2) is 6.23 Å². The number of nitro groups is 1. The van der Waals surface area contributed by atoms with Crippen molar-refractivity contribution in [3.05, 3.63) is 21.9 Å². The minimum absolute atomic E-state index is 0.244. The van der Waals surface area contributed by atoms with Crippen LogP contribution in [-0.4, -0.2) is 19.8 Å². The summed E-state index contributed by atoms with van der Waals surface area (Å²) in [6, 6.07) is 1.34. The second-order valence-electron chi connectivity index (χ2n) is 2.72. The molecule has 1 aromatic rings. The molecule has 0 amide bonds. The van der Waals surface area contributed by atoms with E-state index in [-0.39, 0.29) is 5.82 Å². The van der Waals surface area contributed by atoms with Crippen molar-refractivity contribution in [2.75, 3.05) is 0 Å². The van der Waals surface area contributed by atoms with Crippen LogP contribution in [0.1, 0.15) is 25.3 Å². The van der Waals surface area contributed by atoms with Crippen LogP contribution in [0.25, 0.3) is 0 Å². The fraction of sp³-hybridized carbons (Fsp3) is 0.571. The zero-order valence-corrected chi connectivity index (χ0v) is 9.14. The summed E-state index contributed by atoms with van der Waals surface area (Å²) in [5, 5.41) is 24.0. The Bertz CT molecular complexity index is 339. The van der Waals surface area contributed by atoms with Gasteiger partial charge in [-0.3, -0.25) is 0 Å². The van der Waals surface area contributed by atoms with E-state index in [1.54, 1.807) is 6.92 Å². The number of aliphatic hydroxyl groups excluding tert-OH is 1. The minimum atomic E-state index is -0.809. The summed E-state index contributed by atoms with van der Waals surface area (Å²) in [6.45, 7) is 1.77. The second-order valence-corrected chi connectivity index (χ2v) is 3.28. The summed E-state index contributed by atoms with van der Waals surface area (Å²) in [5.41, 5.74) is 0.589. The maximum Gasteiger partial charge on any atom is 0.390 e.